The molecule has 0 saturated heterocycles. The van der Waals surface area contributed by atoms with Crippen molar-refractivity contribution in [3.05, 3.63) is 29.8 Å². The highest BCUT2D eigenvalue weighted by Crippen LogP contribution is 2.52. The number of hydrogen-bond acceptors (Lipinski definition) is 2. The lowest BCUT2D eigenvalue weighted by Gasteiger charge is -2.30. The third-order valence-corrected chi connectivity index (χ3v) is 3.77. The molecule has 1 fully saturated rings. The van der Waals surface area contributed by atoms with Crippen molar-refractivity contribution in [2.24, 2.45) is 0 Å². The van der Waals surface area contributed by atoms with Crippen LogP contribution in [0.3, 0.4) is 0 Å². The van der Waals surface area contributed by atoms with Gasteiger partial charge in [-0.25, -0.2) is 0 Å². The summed E-state index contributed by atoms with van der Waals surface area (Å²) in [5.41, 5.74) is -0.349. The second kappa shape index (κ2) is 3.88. The molecular formula is C13H12F3NO2. The molecule has 1 aromatic rings. The number of alkyl halides is 3. The zero-order valence-corrected chi connectivity index (χ0v) is 9.96. The van der Waals surface area contributed by atoms with E-state index in [0.29, 0.717) is 12.2 Å². The van der Waals surface area contributed by atoms with Crippen molar-refractivity contribution in [3.8, 4) is 5.75 Å². The Labute approximate surface area is 107 Å². The van der Waals surface area contributed by atoms with E-state index in [1.165, 1.54) is 0 Å². The number of carbonyl (C=O) groups excluding carboxylic acids is 1. The maximum absolute atomic E-state index is 12.4. The lowest BCUT2D eigenvalue weighted by Crippen LogP contribution is -2.55. The molecule has 0 aromatic heterocycles. The Morgan fingerprint density at radius 1 is 1.37 bits per heavy atom. The van der Waals surface area contributed by atoms with Gasteiger partial charge in [0.15, 0.2) is 5.72 Å². The Kier molecular flexibility index (Phi) is 2.52. The molecule has 1 saturated carbocycles. The van der Waals surface area contributed by atoms with Gasteiger partial charge in [-0.05, 0) is 18.9 Å². The van der Waals surface area contributed by atoms with Crippen LogP contribution in [0.2, 0.25) is 0 Å². The average molecular weight is 271 g/mol. The summed E-state index contributed by atoms with van der Waals surface area (Å²) in [6, 6.07) is 7.14. The predicted octanol–water partition coefficient (Wildman–Crippen LogP) is 2.72. The lowest BCUT2D eigenvalue weighted by molar-refractivity contribution is -0.179. The van der Waals surface area contributed by atoms with Crippen LogP contribution in [0, 0.1) is 0 Å². The molecule has 0 bridgehead atoms. The highest BCUT2D eigenvalue weighted by molar-refractivity contribution is 5.82. The van der Waals surface area contributed by atoms with Gasteiger partial charge in [0.1, 0.15) is 5.75 Å². The zero-order chi connectivity index (χ0) is 13.7. The Bertz CT molecular complexity index is 529. The number of fused-ring (bicyclic) bond motifs is 3. The topological polar surface area (TPSA) is 38.3 Å². The summed E-state index contributed by atoms with van der Waals surface area (Å²) in [4.78, 5) is 11.2. The van der Waals surface area contributed by atoms with Gasteiger partial charge in [0, 0.05) is 17.9 Å². The molecule has 19 heavy (non-hydrogen) atoms. The molecule has 0 spiro atoms. The molecule has 3 nitrogen and oxygen atoms in total. The highest BCUT2D eigenvalue weighted by atomic mass is 19.4. The Morgan fingerprint density at radius 2 is 2.11 bits per heavy atom. The van der Waals surface area contributed by atoms with Gasteiger partial charge in [-0.3, -0.25) is 4.79 Å². The monoisotopic (exact) mass is 271 g/mol. The van der Waals surface area contributed by atoms with E-state index >= 15 is 0 Å². The maximum Gasteiger partial charge on any atom is 0.471 e. The predicted molar refractivity (Wildman–Crippen MR) is 60.6 cm³/mol. The second-order valence-electron chi connectivity index (χ2n) is 4.93. The summed E-state index contributed by atoms with van der Waals surface area (Å²) in [5.74, 6) is -1.57. The summed E-state index contributed by atoms with van der Waals surface area (Å²) in [6.45, 7) is 0. The average Bonchev–Trinajstić information content (AvgIpc) is 2.83. The first-order valence-corrected chi connectivity index (χ1v) is 6.10. The van der Waals surface area contributed by atoms with Crippen LogP contribution in [0.1, 0.15) is 30.7 Å². The fourth-order valence-electron chi connectivity index (χ4n) is 3.00. The number of hydrogen-bond donors (Lipinski definition) is 1. The minimum absolute atomic E-state index is 0.199. The van der Waals surface area contributed by atoms with Crippen LogP contribution in [0.4, 0.5) is 13.2 Å². The minimum atomic E-state index is -4.89. The van der Waals surface area contributed by atoms with Crippen LogP contribution in [-0.4, -0.2) is 17.8 Å². The molecule has 0 unspecified atom stereocenters. The Morgan fingerprint density at radius 3 is 2.84 bits per heavy atom. The summed E-state index contributed by atoms with van der Waals surface area (Å²) >= 11 is 0. The van der Waals surface area contributed by atoms with Crippen LogP contribution in [0.25, 0.3) is 0 Å². The van der Waals surface area contributed by atoms with E-state index in [4.69, 9.17) is 4.74 Å². The fourth-order valence-corrected chi connectivity index (χ4v) is 3.00. The van der Waals surface area contributed by atoms with Gasteiger partial charge < -0.3 is 10.1 Å². The minimum Gasteiger partial charge on any atom is -0.467 e. The number of halogens is 3. The molecule has 1 aliphatic heterocycles. The molecule has 3 rings (SSSR count). The van der Waals surface area contributed by atoms with Crippen LogP contribution in [-0.2, 0) is 4.79 Å². The van der Waals surface area contributed by atoms with E-state index in [9.17, 15) is 18.0 Å². The van der Waals surface area contributed by atoms with E-state index < -0.39 is 17.8 Å². The van der Waals surface area contributed by atoms with E-state index in [-0.39, 0.29) is 5.92 Å². The van der Waals surface area contributed by atoms with E-state index in [1.807, 2.05) is 12.1 Å². The smallest absolute Gasteiger partial charge is 0.467 e. The molecule has 1 aromatic carbocycles. The van der Waals surface area contributed by atoms with E-state index in [2.05, 4.69) is 5.32 Å². The molecule has 2 atom stereocenters. The van der Waals surface area contributed by atoms with Gasteiger partial charge in [0.05, 0.1) is 0 Å². The largest absolute Gasteiger partial charge is 0.471 e. The number of rotatable bonds is 1. The first-order valence-electron chi connectivity index (χ1n) is 6.10. The molecular weight excluding hydrogens is 259 g/mol. The molecule has 102 valence electrons. The lowest BCUT2D eigenvalue weighted by atomic mass is 9.93. The van der Waals surface area contributed by atoms with Gasteiger partial charge in [0.25, 0.3) is 0 Å². The van der Waals surface area contributed by atoms with Gasteiger partial charge in [0.2, 0.25) is 0 Å². The number of nitrogens with one attached hydrogen (secondary N) is 1. The molecule has 1 heterocycles. The number of para-hydroxylation sites is 1. The summed E-state index contributed by atoms with van der Waals surface area (Å²) in [7, 11) is 0. The Hall–Kier alpha value is -1.72. The van der Waals surface area contributed by atoms with Crippen LogP contribution >= 0.6 is 0 Å². The van der Waals surface area contributed by atoms with Crippen molar-refractivity contribution in [2.75, 3.05) is 0 Å². The molecule has 1 N–H and O–H groups in total. The van der Waals surface area contributed by atoms with Gasteiger partial charge in [-0.1, -0.05) is 18.2 Å². The first-order chi connectivity index (χ1) is 8.92. The first kappa shape index (κ1) is 12.3. The summed E-state index contributed by atoms with van der Waals surface area (Å²) in [6.07, 6.45) is -3.04. The van der Waals surface area contributed by atoms with Crippen molar-refractivity contribution in [1.82, 2.24) is 5.32 Å². The SMILES string of the molecule is O=C(N[C@]12CCC[C@H]1c1ccccc1O2)C(F)(F)F. The zero-order valence-electron chi connectivity index (χ0n) is 9.96. The third-order valence-electron chi connectivity index (χ3n) is 3.77. The fraction of sp³-hybridized carbons (Fsp3) is 0.462. The van der Waals surface area contributed by atoms with Crippen molar-refractivity contribution >= 4 is 5.91 Å². The van der Waals surface area contributed by atoms with Crippen molar-refractivity contribution in [2.45, 2.75) is 37.1 Å². The number of ether oxygens (including phenoxy) is 1. The highest BCUT2D eigenvalue weighted by Gasteiger charge is 2.55. The molecule has 2 aliphatic rings. The van der Waals surface area contributed by atoms with Crippen molar-refractivity contribution < 1.29 is 22.7 Å². The standard InChI is InChI=1S/C13H12F3NO2/c14-13(15,16)11(18)17-12-7-3-5-9(12)8-4-1-2-6-10(8)19-12/h1-2,4,6,9H,3,5,7H2,(H,17,18)/t9-,12-/m0/s1. The number of carbonyl (C=O) groups is 1. The second-order valence-corrected chi connectivity index (χ2v) is 4.93. The van der Waals surface area contributed by atoms with E-state index in [0.717, 1.165) is 18.4 Å². The number of benzene rings is 1. The summed E-state index contributed by atoms with van der Waals surface area (Å²) in [5, 5.41) is 2.06. The van der Waals surface area contributed by atoms with Crippen molar-refractivity contribution in [3.63, 3.8) is 0 Å². The van der Waals surface area contributed by atoms with Crippen LogP contribution < -0.4 is 10.1 Å². The molecule has 0 radical (unpaired) electrons. The van der Waals surface area contributed by atoms with E-state index in [1.54, 1.807) is 12.1 Å². The third kappa shape index (κ3) is 1.86. The quantitative estimate of drug-likeness (QED) is 0.853. The molecule has 6 heteroatoms. The Balaban J connectivity index is 1.91. The maximum atomic E-state index is 12.4. The van der Waals surface area contributed by atoms with Gasteiger partial charge in [-0.2, -0.15) is 13.2 Å². The van der Waals surface area contributed by atoms with Crippen molar-refractivity contribution in [1.29, 1.82) is 0 Å². The van der Waals surface area contributed by atoms with Crippen LogP contribution in [0.5, 0.6) is 5.75 Å². The molecule has 1 aliphatic carbocycles. The molecule has 1 amide bonds. The van der Waals surface area contributed by atoms with Gasteiger partial charge >= 0.3 is 12.1 Å². The summed E-state index contributed by atoms with van der Waals surface area (Å²) < 4.78 is 42.9. The van der Waals surface area contributed by atoms with Gasteiger partial charge in [-0.15, -0.1) is 0 Å². The normalized spacial score (nSPS) is 28.5. The number of amides is 1. The van der Waals surface area contributed by atoms with Crippen LogP contribution in [0.15, 0.2) is 24.3 Å².